The van der Waals surface area contributed by atoms with E-state index in [0.29, 0.717) is 18.5 Å². The van der Waals surface area contributed by atoms with Gasteiger partial charge in [0.2, 0.25) is 0 Å². The van der Waals surface area contributed by atoms with Gasteiger partial charge in [0.1, 0.15) is 11.6 Å². The zero-order valence-electron chi connectivity index (χ0n) is 15.6. The maximum atomic E-state index is 13.0. The van der Waals surface area contributed by atoms with Crippen LogP contribution in [0.2, 0.25) is 0 Å². The van der Waals surface area contributed by atoms with Gasteiger partial charge in [-0.2, -0.15) is 0 Å². The number of nitrogens with zero attached hydrogens (tertiary/aromatic N) is 1. The number of aromatic nitrogens is 2. The first-order valence-electron chi connectivity index (χ1n) is 9.90. The fourth-order valence-corrected chi connectivity index (χ4v) is 5.21. The van der Waals surface area contributed by atoms with Crippen LogP contribution in [-0.2, 0) is 16.1 Å². The van der Waals surface area contributed by atoms with Gasteiger partial charge in [0, 0.05) is 47.2 Å². The van der Waals surface area contributed by atoms with Gasteiger partial charge in [0.15, 0.2) is 5.78 Å². The Labute approximate surface area is 173 Å². The third-order valence-corrected chi connectivity index (χ3v) is 6.48. The number of carbonyl (C=O) groups excluding carboxylic acids is 3. The number of nitrogens with one attached hydrogen (secondary N) is 1. The molecule has 0 saturated heterocycles. The second-order valence-corrected chi connectivity index (χ2v) is 8.01. The summed E-state index contributed by atoms with van der Waals surface area (Å²) >= 11 is 0. The molecule has 1 fully saturated rings. The van der Waals surface area contributed by atoms with Crippen LogP contribution in [0.3, 0.4) is 0 Å². The van der Waals surface area contributed by atoms with Crippen molar-refractivity contribution in [2.75, 3.05) is 0 Å². The van der Waals surface area contributed by atoms with E-state index in [1.165, 1.54) is 0 Å². The first kappa shape index (κ1) is 18.6. The van der Waals surface area contributed by atoms with Crippen molar-refractivity contribution < 1.29 is 14.4 Å². The van der Waals surface area contributed by atoms with Gasteiger partial charge in [0.25, 0.3) is 0 Å². The Morgan fingerprint density at radius 1 is 0.867 bits per heavy atom. The number of hydrogen-bond donors (Lipinski definition) is 1. The van der Waals surface area contributed by atoms with E-state index in [1.807, 2.05) is 54.9 Å². The van der Waals surface area contributed by atoms with Gasteiger partial charge >= 0.3 is 0 Å². The number of ketones is 3. The predicted molar refractivity (Wildman–Crippen MR) is 116 cm³/mol. The molecule has 2 aromatic carbocycles. The molecule has 3 heterocycles. The summed E-state index contributed by atoms with van der Waals surface area (Å²) in [6.07, 6.45) is 4.28. The summed E-state index contributed by atoms with van der Waals surface area (Å²) in [4.78, 5) is 41.6. The lowest BCUT2D eigenvalue weighted by Crippen LogP contribution is -2.14. The number of hydrogen-bond acceptors (Lipinski definition) is 3. The first-order valence-corrected chi connectivity index (χ1v) is 9.90. The van der Waals surface area contributed by atoms with E-state index < -0.39 is 11.8 Å². The van der Waals surface area contributed by atoms with Gasteiger partial charge in [-0.3, -0.25) is 14.4 Å². The van der Waals surface area contributed by atoms with E-state index >= 15 is 0 Å². The molecule has 1 aliphatic carbocycles. The van der Waals surface area contributed by atoms with Gasteiger partial charge in [-0.1, -0.05) is 37.8 Å². The molecule has 2 atom stereocenters. The zero-order valence-corrected chi connectivity index (χ0v) is 15.6. The molecule has 1 saturated carbocycles. The molecule has 150 valence electrons. The zero-order chi connectivity index (χ0) is 19.7. The predicted octanol–water partition coefficient (Wildman–Crippen LogP) is 4.75. The van der Waals surface area contributed by atoms with Crippen molar-refractivity contribution in [3.8, 4) is 0 Å². The average Bonchev–Trinajstić information content (AvgIpc) is 3.38. The summed E-state index contributed by atoms with van der Waals surface area (Å²) in [7, 11) is 0. The highest BCUT2D eigenvalue weighted by Crippen LogP contribution is 2.46. The topological polar surface area (TPSA) is 71.9 Å². The van der Waals surface area contributed by atoms with Crippen LogP contribution in [0, 0.1) is 0 Å². The van der Waals surface area contributed by atoms with Crippen molar-refractivity contribution in [1.29, 1.82) is 0 Å². The molecule has 30 heavy (non-hydrogen) atoms. The fraction of sp³-hybridized carbons (Fsp3) is 0.240. The Kier molecular flexibility index (Phi) is 4.03. The molecule has 2 aliphatic rings. The molecule has 0 amide bonds. The summed E-state index contributed by atoms with van der Waals surface area (Å²) < 4.78 is 2.07. The molecular formula is C25H22N2O3. The van der Waals surface area contributed by atoms with Crippen molar-refractivity contribution in [3.63, 3.8) is 0 Å². The Hall–Kier alpha value is -3.47. The third-order valence-electron chi connectivity index (χ3n) is 6.48. The minimum atomic E-state index is -0.520. The molecule has 1 N–H and O–H groups in total. The number of carbonyl (C=O) groups is 3. The largest absolute Gasteiger partial charge is 0.361 e. The van der Waals surface area contributed by atoms with Gasteiger partial charge in [-0.15, -0.1) is 0 Å². The van der Waals surface area contributed by atoms with Crippen LogP contribution in [0.25, 0.3) is 21.8 Å². The smallest absolute Gasteiger partial charge is 0.166 e. The van der Waals surface area contributed by atoms with E-state index in [0.717, 1.165) is 32.9 Å². The number of Topliss-reactive ketones (excluding diaryl/α,β-unsaturated/α-hetero) is 3. The molecule has 5 heteroatoms. The van der Waals surface area contributed by atoms with Crippen molar-refractivity contribution in [3.05, 3.63) is 71.5 Å². The van der Waals surface area contributed by atoms with Gasteiger partial charge in [-0.05, 0) is 23.3 Å². The van der Waals surface area contributed by atoms with E-state index in [1.54, 1.807) is 0 Å². The molecule has 1 aliphatic heterocycles. The molecule has 6 rings (SSSR count). The maximum Gasteiger partial charge on any atom is 0.166 e. The quantitative estimate of drug-likeness (QED) is 0.495. The second kappa shape index (κ2) is 6.52. The summed E-state index contributed by atoms with van der Waals surface area (Å²) in [5.74, 6) is -0.963. The van der Waals surface area contributed by atoms with Crippen LogP contribution >= 0.6 is 0 Å². The van der Waals surface area contributed by atoms with Crippen LogP contribution in [0.5, 0.6) is 0 Å². The van der Waals surface area contributed by atoms with E-state index in [2.05, 4.69) is 9.55 Å². The maximum absolute atomic E-state index is 13.0. The number of aromatic amines is 1. The summed E-state index contributed by atoms with van der Waals surface area (Å²) in [5, 5.41) is 1.89. The number of aryl methyl sites for hydroxylation is 1. The number of benzene rings is 2. The molecule has 4 aromatic rings. The Morgan fingerprint density at radius 2 is 1.60 bits per heavy atom. The molecule has 0 unspecified atom stereocenters. The summed E-state index contributed by atoms with van der Waals surface area (Å²) in [6.45, 7) is 0.610. The monoisotopic (exact) mass is 398 g/mol. The lowest BCUT2D eigenvalue weighted by molar-refractivity contribution is -0.122. The number of rotatable bonds is 2. The van der Waals surface area contributed by atoms with Crippen LogP contribution in [-0.4, -0.2) is 26.9 Å². The van der Waals surface area contributed by atoms with Crippen molar-refractivity contribution in [1.82, 2.24) is 9.55 Å². The minimum absolute atomic E-state index is 0. The van der Waals surface area contributed by atoms with Crippen molar-refractivity contribution in [2.24, 2.45) is 0 Å². The van der Waals surface area contributed by atoms with E-state index in [-0.39, 0.29) is 31.2 Å². The lowest BCUT2D eigenvalue weighted by atomic mass is 9.83. The lowest BCUT2D eigenvalue weighted by Gasteiger charge is -2.17. The number of H-pyrrole nitrogens is 1. The van der Waals surface area contributed by atoms with Crippen LogP contribution in [0.4, 0.5) is 0 Å². The van der Waals surface area contributed by atoms with Crippen LogP contribution in [0.1, 0.15) is 53.6 Å². The number of fused-ring (bicyclic) bond motifs is 1. The number of para-hydroxylation sites is 2. The Morgan fingerprint density at radius 3 is 2.43 bits per heavy atom. The van der Waals surface area contributed by atoms with Gasteiger partial charge in [0.05, 0.1) is 23.8 Å². The second-order valence-electron chi connectivity index (χ2n) is 8.01. The standard InChI is InChI=1S/C24H18N2O3.CH4/c27-19-8-9-26-12-17(14-5-3-6-15(19)24(14)26)23-21(29)10-20(28)22(23)16-11-25-18-7-2-1-4-13(16)18;/h1-7,11-12,22-23,25H,8-10H2;1H4/t22-,23-;/m1./s1. The summed E-state index contributed by atoms with van der Waals surface area (Å²) in [6, 6.07) is 13.5. The molecule has 0 radical (unpaired) electrons. The van der Waals surface area contributed by atoms with E-state index in [4.69, 9.17) is 0 Å². The summed E-state index contributed by atoms with van der Waals surface area (Å²) in [5.41, 5.74) is 4.30. The minimum Gasteiger partial charge on any atom is -0.361 e. The Bertz CT molecular complexity index is 1360. The van der Waals surface area contributed by atoms with Gasteiger partial charge < -0.3 is 9.55 Å². The SMILES string of the molecule is C.O=C1CCn2cc([C@@H]3C(=O)CC(=O)[C@H]3c3c[nH]c4ccccc34)c3cccc1c32. The molecule has 5 nitrogen and oxygen atoms in total. The fourth-order valence-electron chi connectivity index (χ4n) is 5.21. The molecular weight excluding hydrogens is 376 g/mol. The Balaban J connectivity index is 0.00000193. The highest BCUT2D eigenvalue weighted by atomic mass is 16.2. The van der Waals surface area contributed by atoms with Crippen LogP contribution in [0.15, 0.2) is 54.9 Å². The van der Waals surface area contributed by atoms with Crippen molar-refractivity contribution in [2.45, 2.75) is 38.6 Å². The van der Waals surface area contributed by atoms with Gasteiger partial charge in [-0.25, -0.2) is 0 Å². The average molecular weight is 398 g/mol. The van der Waals surface area contributed by atoms with Crippen molar-refractivity contribution >= 4 is 39.2 Å². The third kappa shape index (κ3) is 2.38. The molecule has 0 spiro atoms. The molecule has 0 bridgehead atoms. The van der Waals surface area contributed by atoms with Crippen LogP contribution < -0.4 is 0 Å². The normalized spacial score (nSPS) is 20.9. The highest BCUT2D eigenvalue weighted by Gasteiger charge is 2.45. The van der Waals surface area contributed by atoms with E-state index in [9.17, 15) is 14.4 Å². The first-order chi connectivity index (χ1) is 14.1. The molecule has 2 aromatic heterocycles. The highest BCUT2D eigenvalue weighted by molar-refractivity contribution is 6.17.